The molecule has 4 N–H and O–H groups in total. The van der Waals surface area contributed by atoms with Crippen LogP contribution in [0, 0.1) is 5.82 Å². The molecule has 2 atom stereocenters. The van der Waals surface area contributed by atoms with Gasteiger partial charge in [-0.3, -0.25) is 4.79 Å². The summed E-state index contributed by atoms with van der Waals surface area (Å²) in [5.41, 5.74) is 5.95. The minimum absolute atomic E-state index is 0.198. The molecule has 6 heteroatoms. The maximum Gasteiger partial charge on any atom is 0.249 e. The zero-order valence-corrected chi connectivity index (χ0v) is 11.6. The van der Waals surface area contributed by atoms with Crippen LogP contribution in [0.3, 0.4) is 0 Å². The second-order valence-electron chi connectivity index (χ2n) is 4.78. The van der Waals surface area contributed by atoms with Crippen LogP contribution < -0.4 is 10.5 Å². The highest BCUT2D eigenvalue weighted by atomic mass is 19.1. The number of rotatable bonds is 6. The Morgan fingerprint density at radius 1 is 1.18 bits per heavy atom. The third-order valence-electron chi connectivity index (χ3n) is 3.11. The summed E-state index contributed by atoms with van der Waals surface area (Å²) in [5, 5.41) is 19.2. The molecule has 116 valence electrons. The van der Waals surface area contributed by atoms with Gasteiger partial charge >= 0.3 is 0 Å². The standard InChI is InChI=1S/C16H16FNO4/c17-12-3-1-2-10(8-12)9-22-13-6-4-11(5-7-13)14(19)15(20)16(18)21/h1-8,14-15,19-20H,9H2,(H2,18,21). The Morgan fingerprint density at radius 3 is 2.45 bits per heavy atom. The van der Waals surface area contributed by atoms with Crippen molar-refractivity contribution in [3.63, 3.8) is 0 Å². The Kier molecular flexibility index (Phi) is 5.08. The van der Waals surface area contributed by atoms with Crippen LogP contribution in [0.25, 0.3) is 0 Å². The van der Waals surface area contributed by atoms with Gasteiger partial charge < -0.3 is 20.7 Å². The summed E-state index contributed by atoms with van der Waals surface area (Å²) >= 11 is 0. The molecule has 0 radical (unpaired) electrons. The number of aliphatic hydroxyl groups excluding tert-OH is 2. The molecule has 0 bridgehead atoms. The molecule has 1 amide bonds. The van der Waals surface area contributed by atoms with E-state index in [1.165, 1.54) is 24.3 Å². The van der Waals surface area contributed by atoms with Crippen molar-refractivity contribution in [1.29, 1.82) is 0 Å². The molecule has 0 fully saturated rings. The first-order valence-electron chi connectivity index (χ1n) is 6.60. The van der Waals surface area contributed by atoms with Gasteiger partial charge in [-0.25, -0.2) is 4.39 Å². The number of nitrogens with two attached hydrogens (primary N) is 1. The summed E-state index contributed by atoms with van der Waals surface area (Å²) < 4.78 is 18.5. The Balaban J connectivity index is 1.98. The topological polar surface area (TPSA) is 92.8 Å². The Labute approximate surface area is 126 Å². The molecule has 0 aromatic heterocycles. The Bertz CT molecular complexity index is 645. The summed E-state index contributed by atoms with van der Waals surface area (Å²) in [6.45, 7) is 0.198. The lowest BCUT2D eigenvalue weighted by Crippen LogP contribution is -2.33. The maximum absolute atomic E-state index is 13.0. The molecule has 2 rings (SSSR count). The number of amides is 1. The van der Waals surface area contributed by atoms with E-state index in [1.54, 1.807) is 24.3 Å². The summed E-state index contributed by atoms with van der Waals surface area (Å²) in [6, 6.07) is 12.2. The van der Waals surface area contributed by atoms with Crippen LogP contribution >= 0.6 is 0 Å². The summed E-state index contributed by atoms with van der Waals surface area (Å²) in [5.74, 6) is -0.826. The van der Waals surface area contributed by atoms with E-state index >= 15 is 0 Å². The molecule has 2 aromatic carbocycles. The van der Waals surface area contributed by atoms with Gasteiger partial charge in [-0.2, -0.15) is 0 Å². The van der Waals surface area contributed by atoms with Gasteiger partial charge in [-0.1, -0.05) is 24.3 Å². The van der Waals surface area contributed by atoms with Crippen LogP contribution in [0.5, 0.6) is 5.75 Å². The fraction of sp³-hybridized carbons (Fsp3) is 0.188. The Hall–Kier alpha value is -2.44. The third kappa shape index (κ3) is 4.03. The molecule has 0 heterocycles. The van der Waals surface area contributed by atoms with Gasteiger partial charge in [0.15, 0.2) is 6.10 Å². The minimum atomic E-state index is -1.67. The molecule has 2 aromatic rings. The van der Waals surface area contributed by atoms with Crippen molar-refractivity contribution in [2.45, 2.75) is 18.8 Å². The molecule has 0 saturated carbocycles. The number of ether oxygens (including phenoxy) is 1. The number of hydrogen-bond donors (Lipinski definition) is 3. The number of carbonyl (C=O) groups excluding carboxylic acids is 1. The molecule has 0 aliphatic rings. The number of hydrogen-bond acceptors (Lipinski definition) is 4. The van der Waals surface area contributed by atoms with Crippen molar-refractivity contribution in [2.75, 3.05) is 0 Å². The monoisotopic (exact) mass is 305 g/mol. The molecule has 0 aliphatic carbocycles. The van der Waals surface area contributed by atoms with E-state index in [1.807, 2.05) is 0 Å². The third-order valence-corrected chi connectivity index (χ3v) is 3.11. The SMILES string of the molecule is NC(=O)C(O)C(O)c1ccc(OCc2cccc(F)c2)cc1. The molecule has 0 aliphatic heterocycles. The number of aliphatic hydroxyl groups is 2. The lowest BCUT2D eigenvalue weighted by molar-refractivity contribution is -0.131. The van der Waals surface area contributed by atoms with E-state index in [4.69, 9.17) is 10.5 Å². The van der Waals surface area contributed by atoms with Crippen LogP contribution in [-0.4, -0.2) is 22.2 Å². The van der Waals surface area contributed by atoms with E-state index in [9.17, 15) is 19.4 Å². The molecular formula is C16H16FNO4. The van der Waals surface area contributed by atoms with Crippen LogP contribution in [0.4, 0.5) is 4.39 Å². The molecule has 2 unspecified atom stereocenters. The van der Waals surface area contributed by atoms with Gasteiger partial charge in [-0.15, -0.1) is 0 Å². The zero-order valence-electron chi connectivity index (χ0n) is 11.6. The van der Waals surface area contributed by atoms with Crippen molar-refractivity contribution in [2.24, 2.45) is 5.73 Å². The first kappa shape index (κ1) is 15.9. The number of benzene rings is 2. The van der Waals surface area contributed by atoms with Crippen molar-refractivity contribution >= 4 is 5.91 Å². The van der Waals surface area contributed by atoms with Gasteiger partial charge in [0.1, 0.15) is 24.3 Å². The lowest BCUT2D eigenvalue weighted by atomic mass is 10.0. The van der Waals surface area contributed by atoms with Gasteiger partial charge in [0.2, 0.25) is 5.91 Å². The highest BCUT2D eigenvalue weighted by Gasteiger charge is 2.23. The predicted octanol–water partition coefficient (Wildman–Crippen LogP) is 1.28. The van der Waals surface area contributed by atoms with Gasteiger partial charge in [0.25, 0.3) is 0 Å². The second-order valence-corrected chi connectivity index (χ2v) is 4.78. The quantitative estimate of drug-likeness (QED) is 0.749. The average Bonchev–Trinajstić information content (AvgIpc) is 2.52. The minimum Gasteiger partial charge on any atom is -0.489 e. The maximum atomic E-state index is 13.0. The lowest BCUT2D eigenvalue weighted by Gasteiger charge is -2.15. The van der Waals surface area contributed by atoms with Crippen LogP contribution in [-0.2, 0) is 11.4 Å². The number of halogens is 1. The number of carbonyl (C=O) groups is 1. The molecular weight excluding hydrogens is 289 g/mol. The predicted molar refractivity (Wildman–Crippen MR) is 77.3 cm³/mol. The van der Waals surface area contributed by atoms with Crippen molar-refractivity contribution in [3.8, 4) is 5.75 Å². The number of primary amides is 1. The van der Waals surface area contributed by atoms with Crippen molar-refractivity contribution in [1.82, 2.24) is 0 Å². The Morgan fingerprint density at radius 2 is 1.86 bits per heavy atom. The fourth-order valence-corrected chi connectivity index (χ4v) is 1.89. The van der Waals surface area contributed by atoms with E-state index in [0.717, 1.165) is 0 Å². The molecule has 0 spiro atoms. The van der Waals surface area contributed by atoms with Gasteiger partial charge in [-0.05, 0) is 35.4 Å². The fourth-order valence-electron chi connectivity index (χ4n) is 1.89. The first-order valence-corrected chi connectivity index (χ1v) is 6.60. The average molecular weight is 305 g/mol. The second kappa shape index (κ2) is 7.02. The largest absolute Gasteiger partial charge is 0.489 e. The molecule has 22 heavy (non-hydrogen) atoms. The van der Waals surface area contributed by atoms with Gasteiger partial charge in [0, 0.05) is 0 Å². The normalized spacial score (nSPS) is 13.4. The van der Waals surface area contributed by atoms with E-state index in [2.05, 4.69) is 0 Å². The summed E-state index contributed by atoms with van der Waals surface area (Å²) in [7, 11) is 0. The summed E-state index contributed by atoms with van der Waals surface area (Å²) in [4.78, 5) is 10.8. The highest BCUT2D eigenvalue weighted by molar-refractivity contribution is 5.79. The molecule has 0 saturated heterocycles. The van der Waals surface area contributed by atoms with Crippen molar-refractivity contribution < 1.29 is 24.1 Å². The summed E-state index contributed by atoms with van der Waals surface area (Å²) in [6.07, 6.45) is -3.06. The van der Waals surface area contributed by atoms with E-state index < -0.39 is 18.1 Å². The van der Waals surface area contributed by atoms with Crippen LogP contribution in [0.15, 0.2) is 48.5 Å². The van der Waals surface area contributed by atoms with Crippen LogP contribution in [0.2, 0.25) is 0 Å². The highest BCUT2D eigenvalue weighted by Crippen LogP contribution is 2.21. The smallest absolute Gasteiger partial charge is 0.249 e. The zero-order chi connectivity index (χ0) is 16.1. The van der Waals surface area contributed by atoms with E-state index in [0.29, 0.717) is 16.9 Å². The molecule has 5 nitrogen and oxygen atoms in total. The van der Waals surface area contributed by atoms with Crippen molar-refractivity contribution in [3.05, 3.63) is 65.5 Å². The van der Waals surface area contributed by atoms with Gasteiger partial charge in [0.05, 0.1) is 0 Å². The van der Waals surface area contributed by atoms with Crippen LogP contribution in [0.1, 0.15) is 17.2 Å². The first-order chi connectivity index (χ1) is 10.5. The van der Waals surface area contributed by atoms with E-state index in [-0.39, 0.29) is 12.4 Å².